The van der Waals surface area contributed by atoms with Crippen molar-refractivity contribution in [2.24, 2.45) is 5.92 Å². The molecule has 0 aromatic heterocycles. The predicted octanol–water partition coefficient (Wildman–Crippen LogP) is 1.49. The van der Waals surface area contributed by atoms with Crippen molar-refractivity contribution in [3.05, 3.63) is 34.4 Å². The number of benzene rings is 1. The molecule has 1 heterocycles. The lowest BCUT2D eigenvalue weighted by Crippen LogP contribution is -2.40. The Morgan fingerprint density at radius 2 is 2.05 bits per heavy atom. The number of amides is 1. The summed E-state index contributed by atoms with van der Waals surface area (Å²) in [5.41, 5.74) is 3.05. The predicted molar refractivity (Wildman–Crippen MR) is 73.2 cm³/mol. The summed E-state index contributed by atoms with van der Waals surface area (Å²) in [6.45, 7) is 1.24. The van der Waals surface area contributed by atoms with Gasteiger partial charge in [0, 0.05) is 25.1 Å². The van der Waals surface area contributed by atoms with Crippen molar-refractivity contribution in [2.75, 3.05) is 25.1 Å². The Hall–Kier alpha value is -2.15. The fourth-order valence-electron chi connectivity index (χ4n) is 2.45. The van der Waals surface area contributed by atoms with Crippen molar-refractivity contribution in [2.45, 2.75) is 12.8 Å². The SMILES string of the molecule is CONC(=O)C1CCN(c2ccccc2[N+](=O)[O-])CC1. The first kappa shape index (κ1) is 14.3. The number of nitrogens with zero attached hydrogens (tertiary/aromatic N) is 2. The lowest BCUT2D eigenvalue weighted by Gasteiger charge is -2.32. The van der Waals surface area contributed by atoms with Crippen molar-refractivity contribution in [3.8, 4) is 0 Å². The first-order valence-corrected chi connectivity index (χ1v) is 6.44. The molecule has 7 nitrogen and oxygen atoms in total. The molecule has 1 saturated heterocycles. The molecule has 20 heavy (non-hydrogen) atoms. The van der Waals surface area contributed by atoms with E-state index in [2.05, 4.69) is 10.3 Å². The maximum Gasteiger partial charge on any atom is 0.292 e. The summed E-state index contributed by atoms with van der Waals surface area (Å²) in [6, 6.07) is 6.68. The molecule has 0 saturated carbocycles. The third-order valence-corrected chi connectivity index (χ3v) is 3.49. The van der Waals surface area contributed by atoms with Crippen molar-refractivity contribution >= 4 is 17.3 Å². The monoisotopic (exact) mass is 279 g/mol. The Morgan fingerprint density at radius 3 is 2.65 bits per heavy atom. The minimum absolute atomic E-state index is 0.103. The van der Waals surface area contributed by atoms with Gasteiger partial charge in [0.25, 0.3) is 5.69 Å². The molecule has 0 unspecified atom stereocenters. The maximum absolute atomic E-state index is 11.7. The lowest BCUT2D eigenvalue weighted by atomic mass is 9.95. The smallest absolute Gasteiger partial charge is 0.292 e. The highest BCUT2D eigenvalue weighted by Gasteiger charge is 2.27. The molecule has 1 aromatic carbocycles. The zero-order valence-corrected chi connectivity index (χ0v) is 11.2. The molecule has 0 aliphatic carbocycles. The number of nitrogens with one attached hydrogen (secondary N) is 1. The van der Waals surface area contributed by atoms with Gasteiger partial charge in [0.2, 0.25) is 5.91 Å². The number of hydroxylamine groups is 1. The summed E-state index contributed by atoms with van der Waals surface area (Å²) in [7, 11) is 1.40. The molecule has 1 amide bonds. The largest absolute Gasteiger partial charge is 0.366 e. The number of rotatable bonds is 4. The van der Waals surface area contributed by atoms with Crippen LogP contribution in [0.15, 0.2) is 24.3 Å². The fourth-order valence-corrected chi connectivity index (χ4v) is 2.45. The molecule has 0 spiro atoms. The Bertz CT molecular complexity index is 498. The van der Waals surface area contributed by atoms with Crippen molar-refractivity contribution in [3.63, 3.8) is 0 Å². The third kappa shape index (κ3) is 3.05. The van der Waals surface area contributed by atoms with Gasteiger partial charge in [-0.2, -0.15) is 0 Å². The second-order valence-electron chi connectivity index (χ2n) is 4.68. The van der Waals surface area contributed by atoms with E-state index in [9.17, 15) is 14.9 Å². The van der Waals surface area contributed by atoms with Crippen LogP contribution in [0.4, 0.5) is 11.4 Å². The van der Waals surface area contributed by atoms with E-state index < -0.39 is 0 Å². The van der Waals surface area contributed by atoms with E-state index in [1.54, 1.807) is 18.2 Å². The first-order valence-electron chi connectivity index (χ1n) is 6.44. The topological polar surface area (TPSA) is 84.7 Å². The van der Waals surface area contributed by atoms with Crippen molar-refractivity contribution < 1.29 is 14.6 Å². The summed E-state index contributed by atoms with van der Waals surface area (Å²) in [5, 5.41) is 11.0. The van der Waals surface area contributed by atoms with Crippen LogP contribution >= 0.6 is 0 Å². The average molecular weight is 279 g/mol. The van der Waals surface area contributed by atoms with Gasteiger partial charge in [-0.25, -0.2) is 5.48 Å². The summed E-state index contributed by atoms with van der Waals surface area (Å²) in [4.78, 5) is 28.9. The van der Waals surface area contributed by atoms with Gasteiger partial charge in [-0.05, 0) is 18.9 Å². The molecule has 2 rings (SSSR count). The average Bonchev–Trinajstić information content (AvgIpc) is 2.47. The summed E-state index contributed by atoms with van der Waals surface area (Å²) in [6.07, 6.45) is 1.31. The Balaban J connectivity index is 2.04. The van der Waals surface area contributed by atoms with Gasteiger partial charge in [-0.15, -0.1) is 0 Å². The molecule has 1 aliphatic heterocycles. The summed E-state index contributed by atoms with van der Waals surface area (Å²) < 4.78 is 0. The van der Waals surface area contributed by atoms with E-state index in [-0.39, 0.29) is 22.4 Å². The number of para-hydroxylation sites is 2. The number of anilines is 1. The standard InChI is InChI=1S/C13H17N3O4/c1-20-14-13(17)10-6-8-15(9-7-10)11-4-2-3-5-12(11)16(18)19/h2-5,10H,6-9H2,1H3,(H,14,17). The van der Waals surface area contributed by atoms with Crippen LogP contribution in [0.3, 0.4) is 0 Å². The van der Waals surface area contributed by atoms with Crippen molar-refractivity contribution in [1.29, 1.82) is 0 Å². The molecular formula is C13H17N3O4. The number of carbonyl (C=O) groups excluding carboxylic acids is 1. The molecule has 1 aliphatic rings. The highest BCUT2D eigenvalue weighted by atomic mass is 16.6. The minimum Gasteiger partial charge on any atom is -0.366 e. The fraction of sp³-hybridized carbons (Fsp3) is 0.462. The summed E-state index contributed by atoms with van der Waals surface area (Å²) in [5.74, 6) is -0.233. The van der Waals surface area contributed by atoms with Gasteiger partial charge in [0.15, 0.2) is 0 Å². The molecule has 1 aromatic rings. The number of hydrogen-bond donors (Lipinski definition) is 1. The van der Waals surface area contributed by atoms with E-state index in [4.69, 9.17) is 0 Å². The van der Waals surface area contributed by atoms with Gasteiger partial charge in [-0.3, -0.25) is 19.7 Å². The number of nitro benzene ring substituents is 1. The van der Waals surface area contributed by atoms with Crippen LogP contribution in [-0.4, -0.2) is 31.0 Å². The number of carbonyl (C=O) groups is 1. The van der Waals surface area contributed by atoms with E-state index in [1.807, 2.05) is 4.90 Å². The number of piperidine rings is 1. The van der Waals surface area contributed by atoms with Crippen LogP contribution in [0.25, 0.3) is 0 Å². The zero-order chi connectivity index (χ0) is 14.5. The van der Waals surface area contributed by atoms with E-state index in [1.165, 1.54) is 13.2 Å². The van der Waals surface area contributed by atoms with E-state index >= 15 is 0 Å². The highest BCUT2D eigenvalue weighted by molar-refractivity contribution is 5.78. The van der Waals surface area contributed by atoms with Gasteiger partial charge in [0.1, 0.15) is 5.69 Å². The van der Waals surface area contributed by atoms with Crippen LogP contribution in [-0.2, 0) is 9.63 Å². The second-order valence-corrected chi connectivity index (χ2v) is 4.68. The van der Waals surface area contributed by atoms with Crippen LogP contribution in [0.2, 0.25) is 0 Å². The third-order valence-electron chi connectivity index (χ3n) is 3.49. The highest BCUT2D eigenvalue weighted by Crippen LogP contribution is 2.31. The molecule has 0 atom stereocenters. The molecule has 1 fully saturated rings. The molecule has 108 valence electrons. The molecule has 0 bridgehead atoms. The molecule has 1 N–H and O–H groups in total. The minimum atomic E-state index is -0.376. The molecule has 7 heteroatoms. The Morgan fingerprint density at radius 1 is 1.40 bits per heavy atom. The van der Waals surface area contributed by atoms with Gasteiger partial charge >= 0.3 is 0 Å². The van der Waals surface area contributed by atoms with Gasteiger partial charge < -0.3 is 4.90 Å². The van der Waals surface area contributed by atoms with Crippen LogP contribution in [0.5, 0.6) is 0 Å². The van der Waals surface area contributed by atoms with Crippen molar-refractivity contribution in [1.82, 2.24) is 5.48 Å². The first-order chi connectivity index (χ1) is 9.63. The molecule has 0 radical (unpaired) electrons. The normalized spacial score (nSPS) is 15.9. The molecular weight excluding hydrogens is 262 g/mol. The maximum atomic E-state index is 11.7. The Labute approximate surface area is 116 Å². The number of nitro groups is 1. The zero-order valence-electron chi connectivity index (χ0n) is 11.2. The number of hydrogen-bond acceptors (Lipinski definition) is 5. The van der Waals surface area contributed by atoms with E-state index in [0.717, 1.165) is 0 Å². The summed E-state index contributed by atoms with van der Waals surface area (Å²) >= 11 is 0. The second kappa shape index (κ2) is 6.33. The van der Waals surface area contributed by atoms with Gasteiger partial charge in [0.05, 0.1) is 12.0 Å². The van der Waals surface area contributed by atoms with Crippen LogP contribution in [0.1, 0.15) is 12.8 Å². The van der Waals surface area contributed by atoms with Crippen LogP contribution in [0, 0.1) is 16.0 Å². The van der Waals surface area contributed by atoms with E-state index in [0.29, 0.717) is 31.6 Å². The quantitative estimate of drug-likeness (QED) is 0.666. The lowest BCUT2D eigenvalue weighted by molar-refractivity contribution is -0.384. The Kier molecular flexibility index (Phi) is 4.52. The van der Waals surface area contributed by atoms with Gasteiger partial charge in [-0.1, -0.05) is 12.1 Å². The van der Waals surface area contributed by atoms with Crippen LogP contribution < -0.4 is 10.4 Å².